The summed E-state index contributed by atoms with van der Waals surface area (Å²) in [6.07, 6.45) is 21.7. The van der Waals surface area contributed by atoms with Crippen LogP contribution >= 0.6 is 0 Å². The van der Waals surface area contributed by atoms with Crippen LogP contribution in [0.4, 0.5) is 0 Å². The lowest BCUT2D eigenvalue weighted by molar-refractivity contribution is 0.372. The molecule has 1 nitrogen and oxygen atoms in total. The Hall–Kier alpha value is -0.820. The third kappa shape index (κ3) is 7.50. The maximum Gasteiger partial charge on any atom is 0.0879 e. The van der Waals surface area contributed by atoms with Crippen LogP contribution in [0.5, 0.6) is 0 Å². The first-order valence-electron chi connectivity index (χ1n) is 7.44. The van der Waals surface area contributed by atoms with Crippen LogP contribution in [0, 0.1) is 0 Å². The van der Waals surface area contributed by atoms with E-state index in [1.807, 2.05) is 6.08 Å². The van der Waals surface area contributed by atoms with E-state index in [2.05, 4.69) is 37.8 Å². The van der Waals surface area contributed by atoms with Crippen molar-refractivity contribution >= 4 is 0 Å². The van der Waals surface area contributed by atoms with Gasteiger partial charge in [-0.25, -0.2) is 0 Å². The Morgan fingerprint density at radius 2 is 1.56 bits per heavy atom. The van der Waals surface area contributed by atoms with Gasteiger partial charge in [0.25, 0.3) is 0 Å². The summed E-state index contributed by atoms with van der Waals surface area (Å²) in [4.78, 5) is 0. The van der Waals surface area contributed by atoms with Gasteiger partial charge in [-0.1, -0.05) is 43.7 Å². The fraction of sp³-hybridized carbons (Fsp3) is 0.647. The van der Waals surface area contributed by atoms with Crippen LogP contribution in [0.2, 0.25) is 0 Å². The summed E-state index contributed by atoms with van der Waals surface area (Å²) in [5, 5.41) is 0. The lowest BCUT2D eigenvalue weighted by Gasteiger charge is -1.94. The molecule has 0 aromatic rings. The highest BCUT2D eigenvalue weighted by Gasteiger charge is 2.35. The number of ether oxygens (including phenoxy) is 1. The largest absolute Gasteiger partial charge is 0.369 e. The zero-order valence-electron chi connectivity index (χ0n) is 11.8. The van der Waals surface area contributed by atoms with E-state index in [-0.39, 0.29) is 0 Å². The minimum atomic E-state index is 0.489. The van der Waals surface area contributed by atoms with Crippen molar-refractivity contribution in [2.75, 3.05) is 0 Å². The van der Waals surface area contributed by atoms with Gasteiger partial charge in [0.1, 0.15) is 0 Å². The lowest BCUT2D eigenvalue weighted by atomic mass is 10.1. The summed E-state index contributed by atoms with van der Waals surface area (Å²) >= 11 is 0. The molecule has 1 heteroatoms. The molecule has 0 radical (unpaired) electrons. The second-order valence-corrected chi connectivity index (χ2v) is 4.96. The number of hydrogen-bond acceptors (Lipinski definition) is 1. The van der Waals surface area contributed by atoms with Crippen molar-refractivity contribution in [3.63, 3.8) is 0 Å². The topological polar surface area (TPSA) is 12.5 Å². The summed E-state index contributed by atoms with van der Waals surface area (Å²) in [6, 6.07) is 0. The standard InChI is InChI=1S/C17H28O/c1-3-5-7-8-9-10-11-13-15-17-16(18-17)14-12-6-4-2/h3,6,11-13,16-17H,1,4-5,7-10,14-15H2,2H3/b12-6+,13-11+. The van der Waals surface area contributed by atoms with Gasteiger partial charge in [0.05, 0.1) is 12.2 Å². The first kappa shape index (κ1) is 15.2. The zero-order chi connectivity index (χ0) is 13.1. The van der Waals surface area contributed by atoms with Crippen LogP contribution in [0.3, 0.4) is 0 Å². The van der Waals surface area contributed by atoms with Crippen LogP contribution < -0.4 is 0 Å². The second kappa shape index (κ2) is 10.1. The predicted octanol–water partition coefficient (Wildman–Crippen LogP) is 5.19. The molecule has 1 saturated heterocycles. The second-order valence-electron chi connectivity index (χ2n) is 4.96. The molecule has 1 fully saturated rings. The molecule has 1 aliphatic rings. The Morgan fingerprint density at radius 3 is 2.22 bits per heavy atom. The zero-order valence-corrected chi connectivity index (χ0v) is 11.8. The average Bonchev–Trinajstić information content (AvgIpc) is 3.12. The van der Waals surface area contributed by atoms with Gasteiger partial charge in [-0.2, -0.15) is 0 Å². The monoisotopic (exact) mass is 248 g/mol. The number of unbranched alkanes of at least 4 members (excludes halogenated alkanes) is 4. The number of rotatable bonds is 11. The van der Waals surface area contributed by atoms with Crippen molar-refractivity contribution in [3.05, 3.63) is 37.0 Å². The maximum absolute atomic E-state index is 5.61. The molecule has 0 bridgehead atoms. The molecular weight excluding hydrogens is 220 g/mol. The van der Waals surface area contributed by atoms with Crippen molar-refractivity contribution < 1.29 is 4.74 Å². The van der Waals surface area contributed by atoms with Gasteiger partial charge in [-0.05, 0) is 44.9 Å². The highest BCUT2D eigenvalue weighted by atomic mass is 16.6. The van der Waals surface area contributed by atoms with Crippen molar-refractivity contribution in [2.45, 2.75) is 70.5 Å². The Bertz CT molecular complexity index is 265. The molecule has 102 valence electrons. The molecule has 0 N–H and O–H groups in total. The highest BCUT2D eigenvalue weighted by Crippen LogP contribution is 2.29. The van der Waals surface area contributed by atoms with E-state index in [9.17, 15) is 0 Å². The molecule has 0 spiro atoms. The molecule has 0 aromatic carbocycles. The first-order chi connectivity index (χ1) is 8.88. The molecule has 2 atom stereocenters. The Labute approximate surface area is 113 Å². The molecule has 0 amide bonds. The van der Waals surface area contributed by atoms with Crippen LogP contribution in [-0.2, 0) is 4.74 Å². The number of hydrogen-bond donors (Lipinski definition) is 0. The van der Waals surface area contributed by atoms with Crippen molar-refractivity contribution in [2.24, 2.45) is 0 Å². The van der Waals surface area contributed by atoms with Gasteiger partial charge in [-0.15, -0.1) is 6.58 Å². The number of epoxide rings is 1. The van der Waals surface area contributed by atoms with Crippen LogP contribution in [0.15, 0.2) is 37.0 Å². The molecule has 1 heterocycles. The SMILES string of the molecule is C=CCCCCC/C=C/CC1OC1C/C=C/CC. The third-order valence-corrected chi connectivity index (χ3v) is 3.27. The van der Waals surface area contributed by atoms with Gasteiger partial charge < -0.3 is 4.74 Å². The van der Waals surface area contributed by atoms with E-state index >= 15 is 0 Å². The molecule has 1 rings (SSSR count). The van der Waals surface area contributed by atoms with E-state index in [1.165, 1.54) is 25.7 Å². The van der Waals surface area contributed by atoms with Crippen molar-refractivity contribution in [1.82, 2.24) is 0 Å². The lowest BCUT2D eigenvalue weighted by Crippen LogP contribution is -1.90. The van der Waals surface area contributed by atoms with Gasteiger partial charge in [0.15, 0.2) is 0 Å². The first-order valence-corrected chi connectivity index (χ1v) is 7.44. The average molecular weight is 248 g/mol. The molecule has 0 aliphatic carbocycles. The van der Waals surface area contributed by atoms with Crippen LogP contribution in [-0.4, -0.2) is 12.2 Å². The van der Waals surface area contributed by atoms with E-state index in [1.54, 1.807) is 0 Å². The molecule has 1 aliphatic heterocycles. The summed E-state index contributed by atoms with van der Waals surface area (Å²) in [5.41, 5.74) is 0. The summed E-state index contributed by atoms with van der Waals surface area (Å²) < 4.78 is 5.61. The van der Waals surface area contributed by atoms with Gasteiger partial charge in [0.2, 0.25) is 0 Å². The van der Waals surface area contributed by atoms with Gasteiger partial charge >= 0.3 is 0 Å². The van der Waals surface area contributed by atoms with E-state index in [0.29, 0.717) is 12.2 Å². The normalized spacial score (nSPS) is 22.9. The maximum atomic E-state index is 5.61. The summed E-state index contributed by atoms with van der Waals surface area (Å²) in [6.45, 7) is 5.90. The van der Waals surface area contributed by atoms with Crippen LogP contribution in [0.25, 0.3) is 0 Å². The minimum Gasteiger partial charge on any atom is -0.369 e. The van der Waals surface area contributed by atoms with Gasteiger partial charge in [-0.3, -0.25) is 0 Å². The Kier molecular flexibility index (Phi) is 8.58. The van der Waals surface area contributed by atoms with Gasteiger partial charge in [0, 0.05) is 0 Å². The predicted molar refractivity (Wildman–Crippen MR) is 79.7 cm³/mol. The van der Waals surface area contributed by atoms with E-state index < -0.39 is 0 Å². The molecule has 0 aromatic heterocycles. The summed E-state index contributed by atoms with van der Waals surface area (Å²) in [7, 11) is 0. The molecule has 2 unspecified atom stereocenters. The molecular formula is C17H28O. The van der Waals surface area contributed by atoms with E-state index in [0.717, 1.165) is 25.7 Å². The van der Waals surface area contributed by atoms with E-state index in [4.69, 9.17) is 4.74 Å². The fourth-order valence-electron chi connectivity index (χ4n) is 2.07. The molecule has 0 saturated carbocycles. The van der Waals surface area contributed by atoms with Crippen molar-refractivity contribution in [3.8, 4) is 0 Å². The minimum absolute atomic E-state index is 0.489. The Balaban J connectivity index is 1.89. The third-order valence-electron chi connectivity index (χ3n) is 3.27. The fourth-order valence-corrected chi connectivity index (χ4v) is 2.07. The Morgan fingerprint density at radius 1 is 0.889 bits per heavy atom. The smallest absolute Gasteiger partial charge is 0.0879 e. The van der Waals surface area contributed by atoms with Crippen LogP contribution in [0.1, 0.15) is 58.3 Å². The van der Waals surface area contributed by atoms with Crippen molar-refractivity contribution in [1.29, 1.82) is 0 Å². The quantitative estimate of drug-likeness (QED) is 0.278. The summed E-state index contributed by atoms with van der Waals surface area (Å²) in [5.74, 6) is 0. The molecule has 18 heavy (non-hydrogen) atoms. The number of allylic oxidation sites excluding steroid dienone is 3. The highest BCUT2D eigenvalue weighted by molar-refractivity contribution is 4.97.